The molecule has 0 saturated carbocycles. The molecule has 3 aromatic carbocycles. The molecule has 176 valence electrons. The maximum absolute atomic E-state index is 13.4. The number of carbonyl (C=O) groups excluding carboxylic acids is 3. The number of hydrogen-bond donors (Lipinski definition) is 1. The molecule has 1 heterocycles. The van der Waals surface area contributed by atoms with Crippen LogP contribution in [0.1, 0.15) is 47.7 Å². The number of nitrogens with one attached hydrogen (secondary N) is 1. The standard InChI is InChI=1S/C28H31N3O3/c1-4-23(27(33)29-3)31(18-21-11-6-5-10-19(21)2)25(32)16-9-17-30-24-15-8-13-20-12-7-14-22(26(20)24)28(30)34/h5-8,10-15,23H,4,9,16-18H2,1-3H3,(H,29,33). The van der Waals surface area contributed by atoms with E-state index in [1.54, 1.807) is 16.8 Å². The number of rotatable bonds is 9. The van der Waals surface area contributed by atoms with Crippen LogP contribution in [0.2, 0.25) is 0 Å². The molecule has 0 aliphatic carbocycles. The van der Waals surface area contributed by atoms with Crippen molar-refractivity contribution in [1.29, 1.82) is 0 Å². The van der Waals surface area contributed by atoms with Crippen LogP contribution in [0, 0.1) is 6.92 Å². The maximum atomic E-state index is 13.4. The fraction of sp³-hybridized carbons (Fsp3) is 0.321. The van der Waals surface area contributed by atoms with E-state index in [1.807, 2.05) is 74.5 Å². The Bertz CT molecular complexity index is 1230. The summed E-state index contributed by atoms with van der Waals surface area (Å²) in [5, 5.41) is 4.72. The van der Waals surface area contributed by atoms with Gasteiger partial charge in [0.25, 0.3) is 5.91 Å². The Morgan fingerprint density at radius 2 is 1.76 bits per heavy atom. The van der Waals surface area contributed by atoms with Gasteiger partial charge in [-0.1, -0.05) is 55.5 Å². The van der Waals surface area contributed by atoms with Gasteiger partial charge in [0.15, 0.2) is 0 Å². The third-order valence-electron chi connectivity index (χ3n) is 6.66. The Hall–Kier alpha value is -3.67. The van der Waals surface area contributed by atoms with Crippen molar-refractivity contribution in [2.24, 2.45) is 0 Å². The number of aryl methyl sites for hydroxylation is 1. The summed E-state index contributed by atoms with van der Waals surface area (Å²) in [6.45, 7) is 4.76. The normalized spacial score (nSPS) is 13.3. The first-order valence-electron chi connectivity index (χ1n) is 11.9. The van der Waals surface area contributed by atoms with E-state index in [2.05, 4.69) is 5.32 Å². The van der Waals surface area contributed by atoms with Crippen molar-refractivity contribution < 1.29 is 14.4 Å². The SMILES string of the molecule is CCC(C(=O)NC)N(Cc1ccccc1C)C(=O)CCCN1C(=O)c2cccc3cccc1c23. The first kappa shape index (κ1) is 23.5. The molecular weight excluding hydrogens is 426 g/mol. The van der Waals surface area contributed by atoms with E-state index in [-0.39, 0.29) is 24.1 Å². The summed E-state index contributed by atoms with van der Waals surface area (Å²) in [5.74, 6) is -0.268. The van der Waals surface area contributed by atoms with Crippen LogP contribution in [0.25, 0.3) is 10.8 Å². The Morgan fingerprint density at radius 1 is 1.03 bits per heavy atom. The fourth-order valence-corrected chi connectivity index (χ4v) is 4.79. The van der Waals surface area contributed by atoms with Gasteiger partial charge < -0.3 is 15.1 Å². The van der Waals surface area contributed by atoms with Crippen molar-refractivity contribution in [3.63, 3.8) is 0 Å². The lowest BCUT2D eigenvalue weighted by atomic mass is 10.1. The Kier molecular flexibility index (Phi) is 6.96. The quantitative estimate of drug-likeness (QED) is 0.516. The number of hydrogen-bond acceptors (Lipinski definition) is 3. The monoisotopic (exact) mass is 457 g/mol. The lowest BCUT2D eigenvalue weighted by molar-refractivity contribution is -0.141. The molecule has 3 amide bonds. The lowest BCUT2D eigenvalue weighted by Gasteiger charge is -2.31. The smallest absolute Gasteiger partial charge is 0.258 e. The third-order valence-corrected chi connectivity index (χ3v) is 6.66. The molecule has 0 aromatic heterocycles. The maximum Gasteiger partial charge on any atom is 0.258 e. The van der Waals surface area contributed by atoms with Crippen molar-refractivity contribution in [2.45, 2.75) is 45.7 Å². The highest BCUT2D eigenvalue weighted by atomic mass is 16.2. The number of amides is 3. The second-order valence-electron chi connectivity index (χ2n) is 8.73. The van der Waals surface area contributed by atoms with E-state index in [4.69, 9.17) is 0 Å². The predicted octanol–water partition coefficient (Wildman–Crippen LogP) is 4.44. The molecule has 1 unspecified atom stereocenters. The van der Waals surface area contributed by atoms with E-state index in [0.717, 1.165) is 27.6 Å². The van der Waals surface area contributed by atoms with Crippen LogP contribution in [-0.2, 0) is 16.1 Å². The van der Waals surface area contributed by atoms with Gasteiger partial charge in [-0.2, -0.15) is 0 Å². The van der Waals surface area contributed by atoms with Gasteiger partial charge in [-0.3, -0.25) is 14.4 Å². The first-order valence-corrected chi connectivity index (χ1v) is 11.9. The molecular formula is C28H31N3O3. The summed E-state index contributed by atoms with van der Waals surface area (Å²) in [4.78, 5) is 42.4. The van der Waals surface area contributed by atoms with Crippen molar-refractivity contribution in [1.82, 2.24) is 10.2 Å². The number of anilines is 1. The van der Waals surface area contributed by atoms with Crippen LogP contribution < -0.4 is 10.2 Å². The number of nitrogens with zero attached hydrogens (tertiary/aromatic N) is 2. The topological polar surface area (TPSA) is 69.7 Å². The van der Waals surface area contributed by atoms with Gasteiger partial charge in [-0.25, -0.2) is 0 Å². The molecule has 1 N–H and O–H groups in total. The molecule has 4 rings (SSSR count). The minimum atomic E-state index is -0.538. The highest BCUT2D eigenvalue weighted by molar-refractivity contribution is 6.25. The van der Waals surface area contributed by atoms with Crippen molar-refractivity contribution in [3.8, 4) is 0 Å². The van der Waals surface area contributed by atoms with E-state index < -0.39 is 6.04 Å². The minimum absolute atomic E-state index is 0.0205. The molecule has 0 bridgehead atoms. The first-order chi connectivity index (χ1) is 16.5. The molecule has 0 fully saturated rings. The van der Waals surface area contributed by atoms with Gasteiger partial charge in [-0.15, -0.1) is 0 Å². The molecule has 1 aliphatic rings. The average Bonchev–Trinajstić information content (AvgIpc) is 3.12. The zero-order chi connectivity index (χ0) is 24.2. The van der Waals surface area contributed by atoms with Crippen molar-refractivity contribution in [3.05, 3.63) is 77.4 Å². The number of likely N-dealkylation sites (N-methyl/N-ethyl adjacent to an activating group) is 1. The molecule has 34 heavy (non-hydrogen) atoms. The highest BCUT2D eigenvalue weighted by Gasteiger charge is 2.31. The van der Waals surface area contributed by atoms with E-state index in [0.29, 0.717) is 31.5 Å². The second kappa shape index (κ2) is 10.1. The third kappa shape index (κ3) is 4.40. The van der Waals surface area contributed by atoms with Gasteiger partial charge in [0.1, 0.15) is 6.04 Å². The predicted molar refractivity (Wildman–Crippen MR) is 135 cm³/mol. The van der Waals surface area contributed by atoms with E-state index >= 15 is 0 Å². The van der Waals surface area contributed by atoms with Gasteiger partial charge in [0.2, 0.25) is 11.8 Å². The van der Waals surface area contributed by atoms with Crippen LogP contribution in [0.15, 0.2) is 60.7 Å². The zero-order valence-electron chi connectivity index (χ0n) is 20.0. The van der Waals surface area contributed by atoms with Crippen LogP contribution >= 0.6 is 0 Å². The number of carbonyl (C=O) groups is 3. The Labute approximate surface area is 200 Å². The molecule has 6 nitrogen and oxygen atoms in total. The summed E-state index contributed by atoms with van der Waals surface area (Å²) in [6.07, 6.45) is 1.30. The summed E-state index contributed by atoms with van der Waals surface area (Å²) in [5.41, 5.74) is 3.72. The Balaban J connectivity index is 1.49. The van der Waals surface area contributed by atoms with E-state index in [9.17, 15) is 14.4 Å². The van der Waals surface area contributed by atoms with Crippen LogP contribution in [0.3, 0.4) is 0 Å². The molecule has 3 aromatic rings. The van der Waals surface area contributed by atoms with Gasteiger partial charge in [-0.05, 0) is 48.4 Å². The van der Waals surface area contributed by atoms with Crippen molar-refractivity contribution >= 4 is 34.2 Å². The zero-order valence-corrected chi connectivity index (χ0v) is 20.0. The molecule has 6 heteroatoms. The lowest BCUT2D eigenvalue weighted by Crippen LogP contribution is -2.48. The van der Waals surface area contributed by atoms with Crippen LogP contribution in [0.5, 0.6) is 0 Å². The fourth-order valence-electron chi connectivity index (χ4n) is 4.79. The summed E-state index contributed by atoms with van der Waals surface area (Å²) in [6, 6.07) is 19.1. The molecule has 0 spiro atoms. The number of benzene rings is 3. The summed E-state index contributed by atoms with van der Waals surface area (Å²) >= 11 is 0. The summed E-state index contributed by atoms with van der Waals surface area (Å²) in [7, 11) is 1.60. The molecule has 1 atom stereocenters. The minimum Gasteiger partial charge on any atom is -0.357 e. The van der Waals surface area contributed by atoms with Gasteiger partial charge in [0.05, 0.1) is 5.69 Å². The molecule has 0 saturated heterocycles. The molecule has 0 radical (unpaired) electrons. The Morgan fingerprint density at radius 3 is 2.47 bits per heavy atom. The van der Waals surface area contributed by atoms with Crippen LogP contribution in [-0.4, -0.2) is 42.3 Å². The second-order valence-corrected chi connectivity index (χ2v) is 8.73. The largest absolute Gasteiger partial charge is 0.357 e. The highest BCUT2D eigenvalue weighted by Crippen LogP contribution is 2.37. The molecule has 1 aliphatic heterocycles. The van der Waals surface area contributed by atoms with Gasteiger partial charge >= 0.3 is 0 Å². The van der Waals surface area contributed by atoms with Crippen molar-refractivity contribution in [2.75, 3.05) is 18.5 Å². The summed E-state index contributed by atoms with van der Waals surface area (Å²) < 4.78 is 0. The van der Waals surface area contributed by atoms with E-state index in [1.165, 1.54) is 0 Å². The average molecular weight is 458 g/mol. The van der Waals surface area contributed by atoms with Gasteiger partial charge in [0, 0.05) is 37.5 Å². The van der Waals surface area contributed by atoms with Crippen LogP contribution in [0.4, 0.5) is 5.69 Å².